The lowest BCUT2D eigenvalue weighted by atomic mass is 10.1. The van der Waals surface area contributed by atoms with Crippen molar-refractivity contribution in [1.82, 2.24) is 4.72 Å². The Hall–Kier alpha value is -0.610. The molecule has 1 aromatic rings. The van der Waals surface area contributed by atoms with Crippen LogP contribution in [-0.4, -0.2) is 52.4 Å². The second-order valence-electron chi connectivity index (χ2n) is 5.00. The number of hydrogen-bond acceptors (Lipinski definition) is 6. The summed E-state index contributed by atoms with van der Waals surface area (Å²) >= 11 is 1.41. The summed E-state index contributed by atoms with van der Waals surface area (Å²) in [6.07, 6.45) is 2.86. The van der Waals surface area contributed by atoms with E-state index in [1.165, 1.54) is 36.0 Å². The van der Waals surface area contributed by atoms with Crippen molar-refractivity contribution in [2.24, 2.45) is 0 Å². The van der Waals surface area contributed by atoms with E-state index in [4.69, 9.17) is 0 Å². The van der Waals surface area contributed by atoms with Crippen molar-refractivity contribution in [2.75, 3.05) is 24.8 Å². The van der Waals surface area contributed by atoms with Crippen LogP contribution in [0.5, 0.6) is 0 Å². The van der Waals surface area contributed by atoms with E-state index in [0.29, 0.717) is 5.75 Å². The van der Waals surface area contributed by atoms with Crippen LogP contribution >= 0.6 is 11.8 Å². The lowest BCUT2D eigenvalue weighted by Crippen LogP contribution is -2.42. The molecule has 6 nitrogen and oxygen atoms in total. The highest BCUT2D eigenvalue weighted by molar-refractivity contribution is 7.98. The highest BCUT2D eigenvalue weighted by atomic mass is 32.2. The Morgan fingerprint density at radius 3 is 2.05 bits per heavy atom. The van der Waals surface area contributed by atoms with Crippen LogP contribution in [0.3, 0.4) is 0 Å². The average Bonchev–Trinajstić information content (AvgIpc) is 2.36. The molecule has 21 heavy (non-hydrogen) atoms. The fraction of sp³-hybridized carbons (Fsp3) is 0.500. The van der Waals surface area contributed by atoms with Gasteiger partial charge in [0.2, 0.25) is 10.0 Å². The number of sulfonamides is 1. The molecule has 0 aliphatic carbocycles. The highest BCUT2D eigenvalue weighted by Gasteiger charge is 2.24. The van der Waals surface area contributed by atoms with E-state index >= 15 is 0 Å². The molecule has 0 amide bonds. The molecular formula is C12H19NO5S3. The molecule has 2 N–H and O–H groups in total. The van der Waals surface area contributed by atoms with Crippen LogP contribution in [0, 0.1) is 0 Å². The molecule has 0 radical (unpaired) electrons. The van der Waals surface area contributed by atoms with Gasteiger partial charge < -0.3 is 5.11 Å². The van der Waals surface area contributed by atoms with E-state index in [1.54, 1.807) is 6.92 Å². The molecule has 0 aliphatic heterocycles. The van der Waals surface area contributed by atoms with Crippen molar-refractivity contribution in [2.45, 2.75) is 22.3 Å². The summed E-state index contributed by atoms with van der Waals surface area (Å²) in [6, 6.07) is 4.93. The van der Waals surface area contributed by atoms with E-state index in [-0.39, 0.29) is 16.3 Å². The summed E-state index contributed by atoms with van der Waals surface area (Å²) in [6.45, 7) is 1.42. The van der Waals surface area contributed by atoms with Crippen molar-refractivity contribution < 1.29 is 21.9 Å². The van der Waals surface area contributed by atoms with E-state index in [0.717, 1.165) is 6.26 Å². The van der Waals surface area contributed by atoms with Gasteiger partial charge in [0.25, 0.3) is 0 Å². The number of benzene rings is 1. The second kappa shape index (κ2) is 6.66. The van der Waals surface area contributed by atoms with Crippen molar-refractivity contribution in [3.63, 3.8) is 0 Å². The van der Waals surface area contributed by atoms with Crippen LogP contribution in [0.25, 0.3) is 0 Å². The normalized spacial score (nSPS) is 15.6. The minimum atomic E-state index is -3.79. The molecule has 1 atom stereocenters. The summed E-state index contributed by atoms with van der Waals surface area (Å²) < 4.78 is 49.1. The minimum absolute atomic E-state index is 0.0464. The Balaban J connectivity index is 2.89. The Kier molecular flexibility index (Phi) is 5.84. The first kappa shape index (κ1) is 18.4. The number of sulfone groups is 1. The molecule has 0 heterocycles. The molecule has 0 saturated carbocycles. The molecule has 0 aliphatic rings. The molecule has 0 fully saturated rings. The van der Waals surface area contributed by atoms with Gasteiger partial charge in [-0.15, -0.1) is 0 Å². The summed E-state index contributed by atoms with van der Waals surface area (Å²) in [5.41, 5.74) is -1.15. The first-order valence-electron chi connectivity index (χ1n) is 5.99. The number of aliphatic hydroxyl groups is 1. The summed E-state index contributed by atoms with van der Waals surface area (Å²) in [5, 5.41) is 9.95. The zero-order valence-corrected chi connectivity index (χ0v) is 14.5. The van der Waals surface area contributed by atoms with Crippen LogP contribution in [0.2, 0.25) is 0 Å². The van der Waals surface area contributed by atoms with Crippen LogP contribution in [0.15, 0.2) is 34.1 Å². The monoisotopic (exact) mass is 353 g/mol. The summed E-state index contributed by atoms with van der Waals surface area (Å²) in [4.78, 5) is 0.00526. The van der Waals surface area contributed by atoms with Crippen molar-refractivity contribution in [1.29, 1.82) is 0 Å². The van der Waals surface area contributed by atoms with E-state index in [9.17, 15) is 21.9 Å². The van der Waals surface area contributed by atoms with Crippen LogP contribution < -0.4 is 4.72 Å². The summed E-state index contributed by atoms with van der Waals surface area (Å²) in [5.74, 6) is 0.391. The Morgan fingerprint density at radius 2 is 1.62 bits per heavy atom. The molecular weight excluding hydrogens is 334 g/mol. The molecule has 1 unspecified atom stereocenters. The zero-order chi connectivity index (χ0) is 16.3. The standard InChI is InChI=1S/C12H19NO5S3/c1-12(14,9-19-2)8-13-21(17,18)11-6-4-10(5-7-11)20(3,15)16/h4-7,13-14H,8-9H2,1-3H3. The van der Waals surface area contributed by atoms with Crippen molar-refractivity contribution in [3.05, 3.63) is 24.3 Å². The SMILES string of the molecule is CSCC(C)(O)CNS(=O)(=O)c1ccc(S(C)(=O)=O)cc1. The Morgan fingerprint density at radius 1 is 1.14 bits per heavy atom. The minimum Gasteiger partial charge on any atom is -0.388 e. The van der Waals surface area contributed by atoms with Gasteiger partial charge in [-0.3, -0.25) is 0 Å². The number of hydrogen-bond donors (Lipinski definition) is 2. The van der Waals surface area contributed by atoms with Crippen molar-refractivity contribution >= 4 is 31.6 Å². The molecule has 1 rings (SSSR count). The van der Waals surface area contributed by atoms with Gasteiger partial charge in [-0.25, -0.2) is 21.6 Å². The Bertz CT molecular complexity index is 678. The van der Waals surface area contributed by atoms with E-state index in [2.05, 4.69) is 4.72 Å². The second-order valence-corrected chi connectivity index (χ2v) is 9.65. The lowest BCUT2D eigenvalue weighted by molar-refractivity contribution is 0.0908. The maximum atomic E-state index is 12.1. The van der Waals surface area contributed by atoms with Gasteiger partial charge in [-0.2, -0.15) is 11.8 Å². The largest absolute Gasteiger partial charge is 0.388 e. The fourth-order valence-corrected chi connectivity index (χ4v) is 4.08. The predicted octanol–water partition coefficient (Wildman–Crippen LogP) is 0.482. The van der Waals surface area contributed by atoms with Gasteiger partial charge in [0.1, 0.15) is 0 Å². The third-order valence-corrected chi connectivity index (χ3v) is 6.12. The maximum Gasteiger partial charge on any atom is 0.240 e. The van der Waals surface area contributed by atoms with Crippen molar-refractivity contribution in [3.8, 4) is 0 Å². The number of nitrogens with one attached hydrogen (secondary N) is 1. The smallest absolute Gasteiger partial charge is 0.240 e. The van der Waals surface area contributed by atoms with Gasteiger partial charge in [0.15, 0.2) is 9.84 Å². The third kappa shape index (κ3) is 5.59. The van der Waals surface area contributed by atoms with E-state index in [1.807, 2.05) is 6.26 Å². The summed E-state index contributed by atoms with van der Waals surface area (Å²) in [7, 11) is -7.15. The van der Waals surface area contributed by atoms with Crippen LogP contribution in [-0.2, 0) is 19.9 Å². The fourth-order valence-electron chi connectivity index (χ4n) is 1.56. The maximum absolute atomic E-state index is 12.1. The van der Waals surface area contributed by atoms with Gasteiger partial charge in [-0.1, -0.05) is 0 Å². The van der Waals surface area contributed by atoms with Crippen LogP contribution in [0.1, 0.15) is 6.92 Å². The average molecular weight is 353 g/mol. The number of rotatable bonds is 7. The lowest BCUT2D eigenvalue weighted by Gasteiger charge is -2.22. The quantitative estimate of drug-likeness (QED) is 0.740. The van der Waals surface area contributed by atoms with Gasteiger partial charge >= 0.3 is 0 Å². The highest BCUT2D eigenvalue weighted by Crippen LogP contribution is 2.15. The Labute approximate surface area is 129 Å². The molecule has 0 spiro atoms. The predicted molar refractivity (Wildman–Crippen MR) is 83.7 cm³/mol. The first-order chi connectivity index (χ1) is 9.48. The molecule has 0 aromatic heterocycles. The zero-order valence-electron chi connectivity index (χ0n) is 12.0. The van der Waals surface area contributed by atoms with E-state index < -0.39 is 25.5 Å². The van der Waals surface area contributed by atoms with Gasteiger partial charge in [-0.05, 0) is 37.4 Å². The first-order valence-corrected chi connectivity index (χ1v) is 10.8. The van der Waals surface area contributed by atoms with Gasteiger partial charge in [0.05, 0.1) is 15.4 Å². The topological polar surface area (TPSA) is 101 Å². The molecule has 120 valence electrons. The third-order valence-electron chi connectivity index (χ3n) is 2.66. The molecule has 1 aromatic carbocycles. The molecule has 0 bridgehead atoms. The van der Waals surface area contributed by atoms with Gasteiger partial charge in [0, 0.05) is 18.6 Å². The molecule has 9 heteroatoms. The molecule has 0 saturated heterocycles. The van der Waals surface area contributed by atoms with Crippen LogP contribution in [0.4, 0.5) is 0 Å². The number of thioether (sulfide) groups is 1.